The lowest BCUT2D eigenvalue weighted by atomic mass is 9.87. The Balaban J connectivity index is 1.38. The molecule has 1 heterocycles. The van der Waals surface area contributed by atoms with E-state index in [4.69, 9.17) is 15.0 Å². The molecular weight excluding hydrogens is 636 g/mol. The first kappa shape index (κ1) is 37.5. The van der Waals surface area contributed by atoms with Crippen LogP contribution >= 0.6 is 0 Å². The highest BCUT2D eigenvalue weighted by molar-refractivity contribution is 5.96. The Hall–Kier alpha value is -5.29. The van der Waals surface area contributed by atoms with Gasteiger partial charge in [-0.15, -0.1) is 0 Å². The van der Waals surface area contributed by atoms with Crippen LogP contribution in [0.4, 0.5) is 5.82 Å². The van der Waals surface area contributed by atoms with Crippen molar-refractivity contribution in [2.45, 2.75) is 51.0 Å². The minimum absolute atomic E-state index is 0.0926. The summed E-state index contributed by atoms with van der Waals surface area (Å²) >= 11 is 0. The van der Waals surface area contributed by atoms with Gasteiger partial charge in [0.2, 0.25) is 5.91 Å². The highest BCUT2D eigenvalue weighted by Crippen LogP contribution is 2.31. The monoisotopic (exact) mass is 680 g/mol. The van der Waals surface area contributed by atoms with Gasteiger partial charge in [-0.1, -0.05) is 71.8 Å². The normalized spacial score (nSPS) is 12.1. The number of hydrogen-bond acceptors (Lipinski definition) is 8. The van der Waals surface area contributed by atoms with Gasteiger partial charge in [0.25, 0.3) is 0 Å². The largest absolute Gasteiger partial charge is 0.481 e. The van der Waals surface area contributed by atoms with Crippen LogP contribution in [0.15, 0.2) is 90.2 Å². The molecule has 0 unspecified atom stereocenters. The second-order valence-corrected chi connectivity index (χ2v) is 12.0. The molecule has 0 spiro atoms. The number of nitrogens with zero attached hydrogens (tertiary/aromatic N) is 4. The topological polar surface area (TPSA) is 176 Å². The van der Waals surface area contributed by atoms with Gasteiger partial charge in [0.05, 0.1) is 32.8 Å². The van der Waals surface area contributed by atoms with Crippen LogP contribution in [-0.2, 0) is 23.9 Å². The van der Waals surface area contributed by atoms with Crippen molar-refractivity contribution in [3.63, 3.8) is 0 Å². The Kier molecular flexibility index (Phi) is 15.2. The van der Waals surface area contributed by atoms with Crippen molar-refractivity contribution in [2.24, 2.45) is 5.11 Å². The summed E-state index contributed by atoms with van der Waals surface area (Å²) in [4.78, 5) is 45.5. The summed E-state index contributed by atoms with van der Waals surface area (Å²) in [6.45, 7) is 3.34. The van der Waals surface area contributed by atoms with E-state index in [0.29, 0.717) is 13.0 Å². The molecule has 0 saturated heterocycles. The summed E-state index contributed by atoms with van der Waals surface area (Å²) in [6.07, 6.45) is 2.93. The molecule has 0 bridgehead atoms. The lowest BCUT2D eigenvalue weighted by Crippen LogP contribution is -2.44. The molecule has 3 N–H and O–H groups in total. The highest BCUT2D eigenvalue weighted by Gasteiger charge is 2.26. The fraction of sp³-hybridized carbons (Fsp3) is 0.368. The lowest BCUT2D eigenvalue weighted by molar-refractivity contribution is -0.137. The van der Waals surface area contributed by atoms with E-state index in [0.717, 1.165) is 45.3 Å². The maximum absolute atomic E-state index is 13.7. The van der Waals surface area contributed by atoms with E-state index in [1.807, 2.05) is 67.6 Å². The smallest absolute Gasteiger partial charge is 0.303 e. The van der Waals surface area contributed by atoms with Crippen LogP contribution in [0.2, 0.25) is 0 Å². The van der Waals surface area contributed by atoms with E-state index in [1.54, 1.807) is 6.20 Å². The molecule has 4 rings (SSSR count). The summed E-state index contributed by atoms with van der Waals surface area (Å²) < 4.78 is 11.1. The Morgan fingerprint density at radius 1 is 0.940 bits per heavy atom. The van der Waals surface area contributed by atoms with Crippen molar-refractivity contribution >= 4 is 34.3 Å². The summed E-state index contributed by atoms with van der Waals surface area (Å²) in [5.41, 5.74) is 12.2. The number of aliphatic carboxylic acids is 1. The molecule has 0 fully saturated rings. The highest BCUT2D eigenvalue weighted by atomic mass is 16.5. The molecule has 262 valence electrons. The number of ketones is 1. The summed E-state index contributed by atoms with van der Waals surface area (Å²) in [5, 5.41) is 21.4. The molecule has 1 aromatic heterocycles. The molecule has 0 aliphatic rings. The van der Waals surface area contributed by atoms with Crippen LogP contribution in [-0.4, -0.2) is 73.3 Å². The minimum Gasteiger partial charge on any atom is -0.481 e. The van der Waals surface area contributed by atoms with E-state index in [1.165, 1.54) is 0 Å². The number of carbonyl (C=O) groups is 3. The van der Waals surface area contributed by atoms with Gasteiger partial charge in [-0.3, -0.25) is 14.4 Å². The predicted octanol–water partition coefficient (Wildman–Crippen LogP) is 6.84. The van der Waals surface area contributed by atoms with Crippen LogP contribution < -0.4 is 10.6 Å². The van der Waals surface area contributed by atoms with Crippen LogP contribution in [0.25, 0.3) is 32.3 Å². The third kappa shape index (κ3) is 12.3. The van der Waals surface area contributed by atoms with Gasteiger partial charge >= 0.3 is 5.97 Å². The lowest BCUT2D eigenvalue weighted by Gasteiger charge is -2.22. The van der Waals surface area contributed by atoms with Crippen molar-refractivity contribution in [1.82, 2.24) is 10.3 Å². The number of aryl methyl sites for hydroxylation is 1. The molecule has 1 amide bonds. The van der Waals surface area contributed by atoms with Crippen molar-refractivity contribution in [3.8, 4) is 11.1 Å². The van der Waals surface area contributed by atoms with Crippen molar-refractivity contribution in [3.05, 3.63) is 107 Å². The van der Waals surface area contributed by atoms with E-state index >= 15 is 0 Å². The number of aromatic nitrogens is 1. The number of carboxylic acid groups (broad SMARTS) is 1. The SMILES string of the molecule is Cc1ccnc(NCCCCC(=O)N[C@@H](COCCOCCN=[N+]=[N-])C(=O)C[C@@H](CC(=O)O)c2ccc(-c3cccc4ccccc34)cc2)c1. The quantitative estimate of drug-likeness (QED) is 0.0350. The number of Topliss-reactive ketones (excluding diaryl/α,β-unsaturated/α-hetero) is 1. The first-order chi connectivity index (χ1) is 24.3. The van der Waals surface area contributed by atoms with Gasteiger partial charge in [0.15, 0.2) is 5.78 Å². The van der Waals surface area contributed by atoms with Crippen LogP contribution in [0.3, 0.4) is 0 Å². The first-order valence-corrected chi connectivity index (χ1v) is 16.8. The number of rotatable bonds is 22. The van der Waals surface area contributed by atoms with Crippen molar-refractivity contribution in [1.29, 1.82) is 0 Å². The number of fused-ring (bicyclic) bond motifs is 1. The number of benzene rings is 3. The molecule has 3 aromatic carbocycles. The number of pyridine rings is 1. The Labute approximate surface area is 291 Å². The first-order valence-electron chi connectivity index (χ1n) is 16.8. The number of azide groups is 1. The summed E-state index contributed by atoms with van der Waals surface area (Å²) in [5.74, 6) is -1.46. The number of carboxylic acids is 1. The molecule has 2 atom stereocenters. The summed E-state index contributed by atoms with van der Waals surface area (Å²) in [6, 6.07) is 24.8. The van der Waals surface area contributed by atoms with Crippen LogP contribution in [0.5, 0.6) is 0 Å². The van der Waals surface area contributed by atoms with E-state index < -0.39 is 17.9 Å². The zero-order valence-electron chi connectivity index (χ0n) is 28.3. The fourth-order valence-electron chi connectivity index (χ4n) is 5.63. The van der Waals surface area contributed by atoms with Crippen LogP contribution in [0.1, 0.15) is 49.1 Å². The molecular formula is C38H44N6O6. The second-order valence-electron chi connectivity index (χ2n) is 12.0. The van der Waals surface area contributed by atoms with Gasteiger partial charge in [-0.2, -0.15) is 0 Å². The van der Waals surface area contributed by atoms with Gasteiger partial charge in [-0.25, -0.2) is 4.98 Å². The van der Waals surface area contributed by atoms with E-state index in [-0.39, 0.29) is 63.9 Å². The number of unbranched alkanes of at least 4 members (excludes halogenated alkanes) is 1. The summed E-state index contributed by atoms with van der Waals surface area (Å²) in [7, 11) is 0. The van der Waals surface area contributed by atoms with Gasteiger partial charge < -0.3 is 25.2 Å². The van der Waals surface area contributed by atoms with E-state index in [9.17, 15) is 19.5 Å². The number of amides is 1. The molecule has 0 saturated carbocycles. The molecule has 0 radical (unpaired) electrons. The fourth-order valence-corrected chi connectivity index (χ4v) is 5.63. The third-order valence-corrected chi connectivity index (χ3v) is 8.18. The molecule has 50 heavy (non-hydrogen) atoms. The maximum atomic E-state index is 13.7. The minimum atomic E-state index is -1.02. The number of hydrogen-bond donors (Lipinski definition) is 3. The van der Waals surface area contributed by atoms with Gasteiger partial charge in [0.1, 0.15) is 11.9 Å². The zero-order chi connectivity index (χ0) is 35.6. The number of carbonyl (C=O) groups excluding carboxylic acids is 2. The second kappa shape index (κ2) is 20.3. The van der Waals surface area contributed by atoms with Crippen LogP contribution in [0, 0.1) is 6.92 Å². The molecule has 4 aromatic rings. The average Bonchev–Trinajstić information content (AvgIpc) is 3.11. The van der Waals surface area contributed by atoms with Gasteiger partial charge in [-0.05, 0) is 70.5 Å². The Morgan fingerprint density at radius 2 is 1.72 bits per heavy atom. The number of ether oxygens (including phenoxy) is 2. The molecule has 0 aliphatic heterocycles. The van der Waals surface area contributed by atoms with Gasteiger partial charge in [0, 0.05) is 43.0 Å². The van der Waals surface area contributed by atoms with Crippen molar-refractivity contribution in [2.75, 3.05) is 44.8 Å². The number of nitrogens with one attached hydrogen (secondary N) is 2. The van der Waals surface area contributed by atoms with E-state index in [2.05, 4.69) is 43.8 Å². The molecule has 12 heteroatoms. The third-order valence-electron chi connectivity index (χ3n) is 8.18. The number of anilines is 1. The standard InChI is InChI=1S/C38H44N6O6/c1-27-16-18-41-36(23-27)40-17-5-4-11-37(46)43-34(26-50-22-21-49-20-19-42-44-39)35(45)24-31(25-38(47)48)28-12-14-30(15-13-28)33-10-6-8-29-7-2-3-9-32(29)33/h2-3,6-10,12-16,18,23,31,34H,4-5,11,17,19-22,24-26H2,1H3,(H,40,41)(H,43,46)(H,47,48)/t31-,34-/m0/s1. The Morgan fingerprint density at radius 3 is 2.50 bits per heavy atom. The zero-order valence-corrected chi connectivity index (χ0v) is 28.3. The average molecular weight is 681 g/mol. The molecule has 0 aliphatic carbocycles. The Bertz CT molecular complexity index is 1750. The maximum Gasteiger partial charge on any atom is 0.303 e. The molecule has 12 nitrogen and oxygen atoms in total. The van der Waals surface area contributed by atoms with Crippen molar-refractivity contribution < 1.29 is 29.0 Å². The predicted molar refractivity (Wildman–Crippen MR) is 193 cm³/mol.